The monoisotopic (exact) mass is 236 g/mol. The zero-order valence-electron chi connectivity index (χ0n) is 11.5. The summed E-state index contributed by atoms with van der Waals surface area (Å²) >= 11 is 0. The van der Waals surface area contributed by atoms with E-state index in [2.05, 4.69) is 45.0 Å². The molecule has 0 bridgehead atoms. The average molecular weight is 236 g/mol. The van der Waals surface area contributed by atoms with Gasteiger partial charge in [0.15, 0.2) is 0 Å². The zero-order valence-corrected chi connectivity index (χ0v) is 11.5. The van der Waals surface area contributed by atoms with Crippen molar-refractivity contribution in [2.75, 3.05) is 21.2 Å². The molecule has 96 valence electrons. The summed E-state index contributed by atoms with van der Waals surface area (Å²) in [6.45, 7) is 4.12. The summed E-state index contributed by atoms with van der Waals surface area (Å²) in [6.07, 6.45) is 0.910. The third-order valence-corrected chi connectivity index (χ3v) is 2.82. The number of rotatable bonds is 5. The molecule has 0 aliphatic heterocycles. The van der Waals surface area contributed by atoms with E-state index >= 15 is 0 Å². The Labute approximate surface area is 105 Å². The van der Waals surface area contributed by atoms with E-state index in [-0.39, 0.29) is 5.54 Å². The molecule has 1 aromatic rings. The minimum atomic E-state index is -0.183. The zero-order chi connectivity index (χ0) is 13.1. The van der Waals surface area contributed by atoms with E-state index in [9.17, 15) is 0 Å². The molecule has 3 nitrogen and oxygen atoms in total. The Balaban J connectivity index is 2.97. The first-order chi connectivity index (χ1) is 7.83. The number of hydrogen-bond acceptors (Lipinski definition) is 3. The first-order valence-electron chi connectivity index (χ1n) is 5.93. The fourth-order valence-corrected chi connectivity index (χ4v) is 1.95. The summed E-state index contributed by atoms with van der Waals surface area (Å²) in [4.78, 5) is 2.20. The molecule has 3 heteroatoms. The van der Waals surface area contributed by atoms with Crippen LogP contribution in [-0.4, -0.2) is 31.6 Å². The molecule has 17 heavy (non-hydrogen) atoms. The minimum absolute atomic E-state index is 0.183. The second-order valence-corrected chi connectivity index (χ2v) is 5.45. The summed E-state index contributed by atoms with van der Waals surface area (Å²) in [5.74, 6) is 0.893. The van der Waals surface area contributed by atoms with Gasteiger partial charge in [0.1, 0.15) is 5.75 Å². The van der Waals surface area contributed by atoms with Crippen molar-refractivity contribution in [3.8, 4) is 5.75 Å². The van der Waals surface area contributed by atoms with Crippen molar-refractivity contribution in [1.82, 2.24) is 4.90 Å². The molecule has 0 fully saturated rings. The predicted molar refractivity (Wildman–Crippen MR) is 72.3 cm³/mol. The first kappa shape index (κ1) is 14.0. The van der Waals surface area contributed by atoms with Crippen molar-refractivity contribution in [3.05, 3.63) is 29.8 Å². The van der Waals surface area contributed by atoms with Crippen LogP contribution in [0.1, 0.15) is 31.9 Å². The quantitative estimate of drug-likeness (QED) is 0.853. The largest absolute Gasteiger partial charge is 0.497 e. The Morgan fingerprint density at radius 2 is 2.00 bits per heavy atom. The number of ether oxygens (including phenoxy) is 1. The van der Waals surface area contributed by atoms with Gasteiger partial charge in [-0.15, -0.1) is 0 Å². The van der Waals surface area contributed by atoms with Gasteiger partial charge in [-0.2, -0.15) is 0 Å². The van der Waals surface area contributed by atoms with E-state index in [1.165, 1.54) is 5.56 Å². The Morgan fingerprint density at radius 3 is 2.47 bits per heavy atom. The topological polar surface area (TPSA) is 38.5 Å². The van der Waals surface area contributed by atoms with Crippen LogP contribution in [0.15, 0.2) is 24.3 Å². The average Bonchev–Trinajstić information content (AvgIpc) is 2.24. The van der Waals surface area contributed by atoms with Crippen molar-refractivity contribution >= 4 is 0 Å². The molecule has 1 aromatic carbocycles. The van der Waals surface area contributed by atoms with Crippen molar-refractivity contribution in [1.29, 1.82) is 0 Å². The summed E-state index contributed by atoms with van der Waals surface area (Å²) in [5.41, 5.74) is 7.19. The summed E-state index contributed by atoms with van der Waals surface area (Å²) in [5, 5.41) is 0. The lowest BCUT2D eigenvalue weighted by molar-refractivity contribution is 0.242. The van der Waals surface area contributed by atoms with Crippen LogP contribution in [0.25, 0.3) is 0 Å². The van der Waals surface area contributed by atoms with Crippen LogP contribution in [0.2, 0.25) is 0 Å². The van der Waals surface area contributed by atoms with Gasteiger partial charge in [-0.25, -0.2) is 0 Å². The summed E-state index contributed by atoms with van der Waals surface area (Å²) in [7, 11) is 5.85. The van der Waals surface area contributed by atoms with Crippen LogP contribution in [0, 0.1) is 0 Å². The fourth-order valence-electron chi connectivity index (χ4n) is 1.95. The van der Waals surface area contributed by atoms with Gasteiger partial charge in [0.2, 0.25) is 0 Å². The molecule has 0 aliphatic rings. The molecule has 0 heterocycles. The van der Waals surface area contributed by atoms with Crippen LogP contribution in [-0.2, 0) is 0 Å². The molecule has 1 unspecified atom stereocenters. The molecule has 0 spiro atoms. The maximum absolute atomic E-state index is 6.12. The molecule has 0 aliphatic carbocycles. The summed E-state index contributed by atoms with van der Waals surface area (Å²) < 4.78 is 5.27. The number of hydrogen-bond donors (Lipinski definition) is 1. The summed E-state index contributed by atoms with van der Waals surface area (Å²) in [6, 6.07) is 8.50. The predicted octanol–water partition coefficient (Wildman–Crippen LogP) is 2.43. The van der Waals surface area contributed by atoms with E-state index in [1.807, 2.05) is 12.1 Å². The smallest absolute Gasteiger partial charge is 0.119 e. The number of benzene rings is 1. The number of nitrogens with zero attached hydrogens (tertiary/aromatic N) is 1. The van der Waals surface area contributed by atoms with E-state index < -0.39 is 0 Å². The van der Waals surface area contributed by atoms with Crippen LogP contribution in [0.3, 0.4) is 0 Å². The normalized spacial score (nSPS) is 13.8. The first-order valence-corrected chi connectivity index (χ1v) is 5.93. The third kappa shape index (κ3) is 4.36. The SMILES string of the molecule is COc1cccc(C(CC(C)(C)N)N(C)C)c1. The highest BCUT2D eigenvalue weighted by molar-refractivity contribution is 5.30. The van der Waals surface area contributed by atoms with Crippen molar-refractivity contribution in [2.24, 2.45) is 5.73 Å². The van der Waals surface area contributed by atoms with E-state index in [0.717, 1.165) is 12.2 Å². The van der Waals surface area contributed by atoms with Crippen LogP contribution < -0.4 is 10.5 Å². The highest BCUT2D eigenvalue weighted by atomic mass is 16.5. The molecule has 0 amide bonds. The molecule has 0 saturated heterocycles. The van der Waals surface area contributed by atoms with E-state index in [0.29, 0.717) is 6.04 Å². The van der Waals surface area contributed by atoms with E-state index in [4.69, 9.17) is 10.5 Å². The molecule has 0 aromatic heterocycles. The maximum atomic E-state index is 6.12. The minimum Gasteiger partial charge on any atom is -0.497 e. The van der Waals surface area contributed by atoms with Gasteiger partial charge in [0.05, 0.1) is 7.11 Å². The molecule has 0 saturated carbocycles. The number of nitrogens with two attached hydrogens (primary N) is 1. The van der Waals surface area contributed by atoms with Crippen LogP contribution >= 0.6 is 0 Å². The second kappa shape index (κ2) is 5.52. The Kier molecular flexibility index (Phi) is 4.54. The lowest BCUT2D eigenvalue weighted by Crippen LogP contribution is -2.37. The highest BCUT2D eigenvalue weighted by Gasteiger charge is 2.22. The fraction of sp³-hybridized carbons (Fsp3) is 0.571. The van der Waals surface area contributed by atoms with Crippen molar-refractivity contribution in [3.63, 3.8) is 0 Å². The Bertz CT molecular complexity index is 355. The van der Waals surface area contributed by atoms with E-state index in [1.54, 1.807) is 7.11 Å². The molecular weight excluding hydrogens is 212 g/mol. The lowest BCUT2D eigenvalue weighted by Gasteiger charge is -2.31. The van der Waals surface area contributed by atoms with Crippen LogP contribution in [0.4, 0.5) is 0 Å². The van der Waals surface area contributed by atoms with Gasteiger partial charge in [-0.3, -0.25) is 0 Å². The number of methoxy groups -OCH3 is 1. The van der Waals surface area contributed by atoms with Gasteiger partial charge in [0, 0.05) is 11.6 Å². The molecule has 2 N–H and O–H groups in total. The van der Waals surface area contributed by atoms with Gasteiger partial charge >= 0.3 is 0 Å². The third-order valence-electron chi connectivity index (χ3n) is 2.82. The Hall–Kier alpha value is -1.06. The highest BCUT2D eigenvalue weighted by Crippen LogP contribution is 2.28. The second-order valence-electron chi connectivity index (χ2n) is 5.45. The molecular formula is C14H24N2O. The standard InChI is InChI=1S/C14H24N2O/c1-14(2,15)10-13(16(3)4)11-7-6-8-12(9-11)17-5/h6-9,13H,10,15H2,1-5H3. The van der Waals surface area contributed by atoms with Gasteiger partial charge < -0.3 is 15.4 Å². The lowest BCUT2D eigenvalue weighted by atomic mass is 9.91. The van der Waals surface area contributed by atoms with Crippen LogP contribution in [0.5, 0.6) is 5.75 Å². The van der Waals surface area contributed by atoms with Gasteiger partial charge in [-0.1, -0.05) is 12.1 Å². The molecule has 1 rings (SSSR count). The van der Waals surface area contributed by atoms with Crippen molar-refractivity contribution < 1.29 is 4.74 Å². The van der Waals surface area contributed by atoms with Gasteiger partial charge in [-0.05, 0) is 52.1 Å². The Morgan fingerprint density at radius 1 is 1.35 bits per heavy atom. The molecule has 1 atom stereocenters. The van der Waals surface area contributed by atoms with Crippen molar-refractivity contribution in [2.45, 2.75) is 31.8 Å². The van der Waals surface area contributed by atoms with Gasteiger partial charge in [0.25, 0.3) is 0 Å². The molecule has 0 radical (unpaired) electrons. The maximum Gasteiger partial charge on any atom is 0.119 e.